The first kappa shape index (κ1) is 7.94. The first-order valence-electron chi connectivity index (χ1n) is 3.17. The van der Waals surface area contributed by atoms with Crippen LogP contribution in [0.25, 0.3) is 0 Å². The molecule has 0 saturated heterocycles. The molecular formula is C7H9FN2O. The molecule has 2 N–H and O–H groups in total. The van der Waals surface area contributed by atoms with E-state index in [1.54, 1.807) is 0 Å². The summed E-state index contributed by atoms with van der Waals surface area (Å²) in [7, 11) is 1.40. The molecule has 0 saturated carbocycles. The van der Waals surface area contributed by atoms with Crippen molar-refractivity contribution in [2.45, 2.75) is 6.54 Å². The van der Waals surface area contributed by atoms with E-state index in [0.717, 1.165) is 0 Å². The van der Waals surface area contributed by atoms with E-state index in [9.17, 15) is 4.39 Å². The summed E-state index contributed by atoms with van der Waals surface area (Å²) in [6, 6.07) is 1.45. The Hall–Kier alpha value is -1.16. The van der Waals surface area contributed by atoms with Gasteiger partial charge in [0.15, 0.2) is 11.6 Å². The van der Waals surface area contributed by atoms with Crippen LogP contribution in [-0.4, -0.2) is 12.1 Å². The predicted molar refractivity (Wildman–Crippen MR) is 38.6 cm³/mol. The van der Waals surface area contributed by atoms with E-state index in [2.05, 4.69) is 4.98 Å². The summed E-state index contributed by atoms with van der Waals surface area (Å²) in [6.07, 6.45) is 1.46. The highest BCUT2D eigenvalue weighted by Gasteiger charge is 2.06. The van der Waals surface area contributed by atoms with Gasteiger partial charge in [-0.3, -0.25) is 4.98 Å². The van der Waals surface area contributed by atoms with E-state index in [-0.39, 0.29) is 18.0 Å². The second-order valence-corrected chi connectivity index (χ2v) is 1.98. The standard InChI is InChI=1S/C7H9FN2O/c1-11-6-2-3-10-5(4-9)7(6)8/h2-3H,4,9H2,1H3. The summed E-state index contributed by atoms with van der Waals surface area (Å²) in [4.78, 5) is 3.73. The lowest BCUT2D eigenvalue weighted by molar-refractivity contribution is 0.382. The maximum Gasteiger partial charge on any atom is 0.187 e. The van der Waals surface area contributed by atoms with Crippen molar-refractivity contribution in [1.82, 2.24) is 4.98 Å². The van der Waals surface area contributed by atoms with Gasteiger partial charge in [0, 0.05) is 18.8 Å². The van der Waals surface area contributed by atoms with Gasteiger partial charge in [-0.1, -0.05) is 0 Å². The molecule has 0 bridgehead atoms. The fourth-order valence-corrected chi connectivity index (χ4v) is 0.767. The molecule has 0 amide bonds. The van der Waals surface area contributed by atoms with Crippen LogP contribution in [-0.2, 0) is 6.54 Å². The molecule has 0 aliphatic heterocycles. The van der Waals surface area contributed by atoms with Crippen LogP contribution in [0.1, 0.15) is 5.69 Å². The van der Waals surface area contributed by atoms with Gasteiger partial charge in [0.2, 0.25) is 0 Å². The number of aromatic nitrogens is 1. The van der Waals surface area contributed by atoms with Gasteiger partial charge in [-0.05, 0) is 0 Å². The van der Waals surface area contributed by atoms with Gasteiger partial charge in [0.1, 0.15) is 0 Å². The minimum atomic E-state index is -0.475. The summed E-state index contributed by atoms with van der Waals surface area (Å²) >= 11 is 0. The number of hydrogen-bond donors (Lipinski definition) is 1. The summed E-state index contributed by atoms with van der Waals surface area (Å²) in [5.74, 6) is -0.294. The third kappa shape index (κ3) is 1.46. The lowest BCUT2D eigenvalue weighted by atomic mass is 10.3. The van der Waals surface area contributed by atoms with E-state index < -0.39 is 5.82 Å². The van der Waals surface area contributed by atoms with E-state index in [1.807, 2.05) is 0 Å². The number of ether oxygens (including phenoxy) is 1. The average molecular weight is 156 g/mol. The van der Waals surface area contributed by atoms with Crippen molar-refractivity contribution in [3.63, 3.8) is 0 Å². The number of pyridine rings is 1. The fourth-order valence-electron chi connectivity index (χ4n) is 0.767. The lowest BCUT2D eigenvalue weighted by Crippen LogP contribution is -2.03. The van der Waals surface area contributed by atoms with E-state index in [0.29, 0.717) is 0 Å². The third-order valence-corrected chi connectivity index (χ3v) is 1.34. The molecule has 3 nitrogen and oxygen atoms in total. The SMILES string of the molecule is COc1ccnc(CN)c1F. The Balaban J connectivity index is 3.10. The van der Waals surface area contributed by atoms with E-state index in [4.69, 9.17) is 10.5 Å². The van der Waals surface area contributed by atoms with Gasteiger partial charge in [-0.2, -0.15) is 0 Å². The summed E-state index contributed by atoms with van der Waals surface area (Å²) < 4.78 is 17.7. The first-order chi connectivity index (χ1) is 5.29. The quantitative estimate of drug-likeness (QED) is 0.685. The zero-order chi connectivity index (χ0) is 8.27. The van der Waals surface area contributed by atoms with Crippen LogP contribution >= 0.6 is 0 Å². The zero-order valence-corrected chi connectivity index (χ0v) is 6.17. The van der Waals surface area contributed by atoms with Gasteiger partial charge < -0.3 is 10.5 Å². The largest absolute Gasteiger partial charge is 0.494 e. The van der Waals surface area contributed by atoms with Crippen LogP contribution in [0.2, 0.25) is 0 Å². The van der Waals surface area contributed by atoms with Gasteiger partial charge in [-0.25, -0.2) is 4.39 Å². The van der Waals surface area contributed by atoms with Crippen molar-refractivity contribution in [3.8, 4) is 5.75 Å². The Bertz CT molecular complexity index is 230. The molecule has 0 unspecified atom stereocenters. The summed E-state index contributed by atoms with van der Waals surface area (Å²) in [5, 5.41) is 0. The summed E-state index contributed by atoms with van der Waals surface area (Å²) in [5.41, 5.74) is 5.44. The van der Waals surface area contributed by atoms with Gasteiger partial charge >= 0.3 is 0 Å². The van der Waals surface area contributed by atoms with Crippen molar-refractivity contribution in [3.05, 3.63) is 23.8 Å². The van der Waals surface area contributed by atoms with Gasteiger partial charge in [-0.15, -0.1) is 0 Å². The topological polar surface area (TPSA) is 48.1 Å². The molecule has 1 heterocycles. The number of rotatable bonds is 2. The molecule has 60 valence electrons. The van der Waals surface area contributed by atoms with Crippen molar-refractivity contribution in [2.75, 3.05) is 7.11 Å². The minimum Gasteiger partial charge on any atom is -0.494 e. The maximum atomic E-state index is 13.0. The van der Waals surface area contributed by atoms with Crippen LogP contribution in [0.5, 0.6) is 5.75 Å². The monoisotopic (exact) mass is 156 g/mol. The average Bonchev–Trinajstić information content (AvgIpc) is 2.05. The molecule has 0 radical (unpaired) electrons. The molecular weight excluding hydrogens is 147 g/mol. The Labute approximate surface area is 64.0 Å². The Morgan fingerprint density at radius 1 is 1.73 bits per heavy atom. The molecule has 0 aliphatic carbocycles. The Kier molecular flexibility index (Phi) is 2.38. The molecule has 11 heavy (non-hydrogen) atoms. The third-order valence-electron chi connectivity index (χ3n) is 1.34. The van der Waals surface area contributed by atoms with E-state index in [1.165, 1.54) is 19.4 Å². The summed E-state index contributed by atoms with van der Waals surface area (Å²) in [6.45, 7) is 0.0863. The second kappa shape index (κ2) is 3.30. The van der Waals surface area contributed by atoms with Crippen molar-refractivity contribution >= 4 is 0 Å². The highest BCUT2D eigenvalue weighted by Crippen LogP contribution is 2.16. The van der Waals surface area contributed by atoms with Crippen LogP contribution in [0.4, 0.5) is 4.39 Å². The maximum absolute atomic E-state index is 13.0. The highest BCUT2D eigenvalue weighted by atomic mass is 19.1. The molecule has 4 heteroatoms. The fraction of sp³-hybridized carbons (Fsp3) is 0.286. The second-order valence-electron chi connectivity index (χ2n) is 1.98. The molecule has 0 aliphatic rings. The molecule has 0 atom stereocenters. The van der Waals surface area contributed by atoms with Crippen LogP contribution in [0, 0.1) is 5.82 Å². The van der Waals surface area contributed by atoms with Crippen molar-refractivity contribution < 1.29 is 9.13 Å². The van der Waals surface area contributed by atoms with Crippen LogP contribution < -0.4 is 10.5 Å². The number of halogens is 1. The minimum absolute atomic E-state index is 0.0863. The molecule has 1 aromatic rings. The molecule has 0 fully saturated rings. The first-order valence-corrected chi connectivity index (χ1v) is 3.17. The number of nitrogens with zero attached hydrogens (tertiary/aromatic N) is 1. The highest BCUT2D eigenvalue weighted by molar-refractivity contribution is 5.25. The lowest BCUT2D eigenvalue weighted by Gasteiger charge is -2.03. The molecule has 1 rings (SSSR count). The Morgan fingerprint density at radius 2 is 2.45 bits per heavy atom. The smallest absolute Gasteiger partial charge is 0.187 e. The van der Waals surface area contributed by atoms with Crippen LogP contribution in [0.3, 0.4) is 0 Å². The molecule has 1 aromatic heterocycles. The van der Waals surface area contributed by atoms with Gasteiger partial charge in [0.25, 0.3) is 0 Å². The van der Waals surface area contributed by atoms with Crippen molar-refractivity contribution in [2.24, 2.45) is 5.73 Å². The number of nitrogens with two attached hydrogens (primary N) is 1. The normalized spacial score (nSPS) is 9.73. The molecule has 0 aromatic carbocycles. The zero-order valence-electron chi connectivity index (χ0n) is 6.17. The number of methoxy groups -OCH3 is 1. The van der Waals surface area contributed by atoms with Crippen LogP contribution in [0.15, 0.2) is 12.3 Å². The Morgan fingerprint density at radius 3 is 3.00 bits per heavy atom. The number of hydrogen-bond acceptors (Lipinski definition) is 3. The van der Waals surface area contributed by atoms with Crippen molar-refractivity contribution in [1.29, 1.82) is 0 Å². The predicted octanol–water partition coefficient (Wildman–Crippen LogP) is 0.688. The van der Waals surface area contributed by atoms with E-state index >= 15 is 0 Å². The molecule has 0 spiro atoms. The van der Waals surface area contributed by atoms with Gasteiger partial charge in [0.05, 0.1) is 12.8 Å².